The molecule has 0 fully saturated rings. The SMILES string of the molecule is CCCCCCCCCCCCNC(=O)c1ccc(CC([CH]c2cccc3ccccc23)CCCCCCCCCCC)cc1. The summed E-state index contributed by atoms with van der Waals surface area (Å²) >= 11 is 0. The van der Waals surface area contributed by atoms with E-state index in [1.54, 1.807) is 0 Å². The van der Waals surface area contributed by atoms with Crippen molar-refractivity contribution in [2.75, 3.05) is 6.54 Å². The Morgan fingerprint density at radius 3 is 1.76 bits per heavy atom. The lowest BCUT2D eigenvalue weighted by molar-refractivity contribution is 0.0953. The minimum atomic E-state index is 0.0611. The van der Waals surface area contributed by atoms with Gasteiger partial charge in [-0.15, -0.1) is 0 Å². The fraction of sp³-hybridized carbons (Fsp3) is 0.581. The highest BCUT2D eigenvalue weighted by molar-refractivity contribution is 5.94. The first kappa shape index (κ1) is 36.9. The van der Waals surface area contributed by atoms with Gasteiger partial charge in [0.05, 0.1) is 0 Å². The van der Waals surface area contributed by atoms with Gasteiger partial charge in [-0.05, 0) is 65.6 Å². The number of rotatable bonds is 26. The molecule has 0 spiro atoms. The van der Waals surface area contributed by atoms with Gasteiger partial charge < -0.3 is 5.32 Å². The molecule has 3 rings (SSSR count). The van der Waals surface area contributed by atoms with E-state index in [1.165, 1.54) is 144 Å². The van der Waals surface area contributed by atoms with Gasteiger partial charge in [0.1, 0.15) is 0 Å². The minimum Gasteiger partial charge on any atom is -0.352 e. The Labute approximate surface area is 277 Å². The van der Waals surface area contributed by atoms with Crippen LogP contribution in [0.25, 0.3) is 10.8 Å². The summed E-state index contributed by atoms with van der Waals surface area (Å²) < 4.78 is 0. The fourth-order valence-electron chi connectivity index (χ4n) is 6.62. The van der Waals surface area contributed by atoms with Gasteiger partial charge in [0.25, 0.3) is 5.91 Å². The van der Waals surface area contributed by atoms with Crippen LogP contribution in [0.3, 0.4) is 0 Å². The summed E-state index contributed by atoms with van der Waals surface area (Å²) in [5, 5.41) is 5.79. The van der Waals surface area contributed by atoms with Gasteiger partial charge in [-0.25, -0.2) is 0 Å². The van der Waals surface area contributed by atoms with Crippen LogP contribution in [0.15, 0.2) is 66.7 Å². The molecular weight excluding hydrogens is 546 g/mol. The zero-order valence-corrected chi connectivity index (χ0v) is 29.0. The summed E-state index contributed by atoms with van der Waals surface area (Å²) in [4.78, 5) is 12.8. The third-order valence-corrected chi connectivity index (χ3v) is 9.45. The van der Waals surface area contributed by atoms with Crippen LogP contribution in [0.2, 0.25) is 0 Å². The first-order chi connectivity index (χ1) is 22.2. The Morgan fingerprint density at radius 2 is 1.13 bits per heavy atom. The summed E-state index contributed by atoms with van der Waals surface area (Å²) in [5.41, 5.74) is 3.44. The predicted molar refractivity (Wildman–Crippen MR) is 197 cm³/mol. The molecule has 1 unspecified atom stereocenters. The van der Waals surface area contributed by atoms with Crippen LogP contribution in [0.1, 0.15) is 164 Å². The van der Waals surface area contributed by atoms with Gasteiger partial charge in [0, 0.05) is 12.1 Å². The molecule has 1 atom stereocenters. The third-order valence-electron chi connectivity index (χ3n) is 9.45. The maximum atomic E-state index is 12.8. The number of carbonyl (C=O) groups is 1. The van der Waals surface area contributed by atoms with Crippen LogP contribution in [-0.2, 0) is 6.42 Å². The monoisotopic (exact) mass is 610 g/mol. The summed E-state index contributed by atoms with van der Waals surface area (Å²) in [6.45, 7) is 5.34. The lowest BCUT2D eigenvalue weighted by Crippen LogP contribution is -2.24. The van der Waals surface area contributed by atoms with Crippen molar-refractivity contribution in [3.8, 4) is 0 Å². The van der Waals surface area contributed by atoms with E-state index in [0.29, 0.717) is 5.92 Å². The zero-order chi connectivity index (χ0) is 31.8. The Hall–Kier alpha value is -2.61. The molecule has 0 saturated carbocycles. The normalized spacial score (nSPS) is 12.0. The Kier molecular flexibility index (Phi) is 19.4. The van der Waals surface area contributed by atoms with Crippen molar-refractivity contribution in [2.24, 2.45) is 5.92 Å². The molecule has 0 aliphatic heterocycles. The van der Waals surface area contributed by atoms with Gasteiger partial charge >= 0.3 is 0 Å². The van der Waals surface area contributed by atoms with Crippen LogP contribution >= 0.6 is 0 Å². The molecule has 3 aromatic carbocycles. The predicted octanol–water partition coefficient (Wildman–Crippen LogP) is 12.8. The molecule has 0 aliphatic carbocycles. The standard InChI is InChI=1S/C43H64NO/c1-3-5-7-9-11-13-15-17-19-23-34-44-43(45)40-32-30-37(31-33-40)35-38(25-20-18-16-14-12-10-8-6-4-2)36-41-28-24-27-39-26-21-22-29-42(39)41/h21-22,24,26-33,36,38H,3-20,23,25,34-35H2,1-2H3,(H,44,45). The van der Waals surface area contributed by atoms with Crippen LogP contribution in [0.4, 0.5) is 0 Å². The number of hydrogen-bond donors (Lipinski definition) is 1. The number of fused-ring (bicyclic) bond motifs is 1. The summed E-state index contributed by atoms with van der Waals surface area (Å²) in [6, 6.07) is 23.8. The number of carbonyl (C=O) groups excluding carboxylic acids is 1. The van der Waals surface area contributed by atoms with Gasteiger partial charge in [0.2, 0.25) is 0 Å². The van der Waals surface area contributed by atoms with Gasteiger partial charge in [-0.3, -0.25) is 4.79 Å². The molecule has 0 aromatic heterocycles. The molecule has 0 aliphatic rings. The zero-order valence-electron chi connectivity index (χ0n) is 29.0. The summed E-state index contributed by atoms with van der Waals surface area (Å²) in [7, 11) is 0. The van der Waals surface area contributed by atoms with Crippen molar-refractivity contribution in [1.29, 1.82) is 0 Å². The smallest absolute Gasteiger partial charge is 0.251 e. The Morgan fingerprint density at radius 1 is 0.600 bits per heavy atom. The third kappa shape index (κ3) is 15.5. The first-order valence-corrected chi connectivity index (χ1v) is 18.9. The lowest BCUT2D eigenvalue weighted by Gasteiger charge is -2.18. The van der Waals surface area contributed by atoms with Gasteiger partial charge in [-0.1, -0.05) is 184 Å². The summed E-state index contributed by atoms with van der Waals surface area (Å²) in [6.07, 6.45) is 30.1. The lowest BCUT2D eigenvalue weighted by atomic mass is 9.86. The molecule has 1 radical (unpaired) electrons. The fourth-order valence-corrected chi connectivity index (χ4v) is 6.62. The summed E-state index contributed by atoms with van der Waals surface area (Å²) in [5.74, 6) is 0.544. The Balaban J connectivity index is 1.44. The number of amides is 1. The molecule has 3 aromatic rings. The number of unbranched alkanes of at least 4 members (excludes halogenated alkanes) is 17. The van der Waals surface area contributed by atoms with E-state index in [9.17, 15) is 4.79 Å². The molecule has 45 heavy (non-hydrogen) atoms. The average Bonchev–Trinajstić information content (AvgIpc) is 3.06. The van der Waals surface area contributed by atoms with Crippen molar-refractivity contribution in [3.05, 3.63) is 89.8 Å². The number of hydrogen-bond acceptors (Lipinski definition) is 1. The second-order valence-corrected chi connectivity index (χ2v) is 13.5. The van der Waals surface area contributed by atoms with Crippen LogP contribution in [0, 0.1) is 12.3 Å². The maximum Gasteiger partial charge on any atom is 0.251 e. The van der Waals surface area contributed by atoms with Gasteiger partial charge in [-0.2, -0.15) is 0 Å². The molecular formula is C43H64NO. The largest absolute Gasteiger partial charge is 0.352 e. The van der Waals surface area contributed by atoms with E-state index in [2.05, 4.69) is 80.2 Å². The van der Waals surface area contributed by atoms with E-state index in [4.69, 9.17) is 0 Å². The quantitative estimate of drug-likeness (QED) is 0.0900. The molecule has 1 N–H and O–H groups in total. The highest BCUT2D eigenvalue weighted by atomic mass is 16.1. The molecule has 0 bridgehead atoms. The molecule has 0 heterocycles. The second-order valence-electron chi connectivity index (χ2n) is 13.5. The van der Waals surface area contributed by atoms with Crippen LogP contribution < -0.4 is 5.32 Å². The van der Waals surface area contributed by atoms with E-state index in [1.807, 2.05) is 12.1 Å². The topological polar surface area (TPSA) is 29.1 Å². The molecule has 2 heteroatoms. The van der Waals surface area contributed by atoms with Crippen LogP contribution in [-0.4, -0.2) is 12.5 Å². The number of nitrogens with one attached hydrogen (secondary N) is 1. The van der Waals surface area contributed by atoms with Crippen molar-refractivity contribution >= 4 is 16.7 Å². The van der Waals surface area contributed by atoms with E-state index < -0.39 is 0 Å². The van der Waals surface area contributed by atoms with Crippen molar-refractivity contribution in [1.82, 2.24) is 5.32 Å². The van der Waals surface area contributed by atoms with E-state index in [0.717, 1.165) is 24.9 Å². The highest BCUT2D eigenvalue weighted by Crippen LogP contribution is 2.28. The molecule has 0 saturated heterocycles. The minimum absolute atomic E-state index is 0.0611. The Bertz CT molecular complexity index is 1160. The van der Waals surface area contributed by atoms with Crippen LogP contribution in [0.5, 0.6) is 0 Å². The molecule has 247 valence electrons. The first-order valence-electron chi connectivity index (χ1n) is 18.9. The second kappa shape index (κ2) is 23.7. The highest BCUT2D eigenvalue weighted by Gasteiger charge is 2.14. The van der Waals surface area contributed by atoms with E-state index >= 15 is 0 Å². The van der Waals surface area contributed by atoms with E-state index in [-0.39, 0.29) is 5.91 Å². The van der Waals surface area contributed by atoms with Crippen molar-refractivity contribution in [2.45, 2.75) is 149 Å². The molecule has 2 nitrogen and oxygen atoms in total. The molecule has 1 amide bonds. The average molecular weight is 611 g/mol. The van der Waals surface area contributed by atoms with Crippen molar-refractivity contribution in [3.63, 3.8) is 0 Å². The number of benzene rings is 3. The van der Waals surface area contributed by atoms with Gasteiger partial charge in [0.15, 0.2) is 0 Å². The van der Waals surface area contributed by atoms with Crippen molar-refractivity contribution < 1.29 is 4.79 Å². The maximum absolute atomic E-state index is 12.8.